The summed E-state index contributed by atoms with van der Waals surface area (Å²) in [5.41, 5.74) is 1.45. The van der Waals surface area contributed by atoms with Gasteiger partial charge in [-0.05, 0) is 42.8 Å². The minimum atomic E-state index is -0.290. The highest BCUT2D eigenvalue weighted by Crippen LogP contribution is 2.28. The normalized spacial score (nSPS) is 10.3. The first-order chi connectivity index (χ1) is 10.1. The molecule has 1 N–H and O–H groups in total. The van der Waals surface area contributed by atoms with Crippen LogP contribution in [-0.4, -0.2) is 13.7 Å². The fraction of sp³-hybridized carbons (Fsp3) is 0.250. The Balaban J connectivity index is 2.09. The van der Waals surface area contributed by atoms with E-state index in [0.29, 0.717) is 34.8 Å². The molecule has 0 unspecified atom stereocenters. The predicted molar refractivity (Wildman–Crippen MR) is 85.6 cm³/mol. The molecule has 112 valence electrons. The van der Waals surface area contributed by atoms with E-state index >= 15 is 0 Å². The number of hydrogen-bond acceptors (Lipinski definition) is 3. The quantitative estimate of drug-likeness (QED) is 0.822. The maximum Gasteiger partial charge on any atom is 0.161 e. The smallest absolute Gasteiger partial charge is 0.161 e. The molecule has 0 heterocycles. The van der Waals surface area contributed by atoms with Crippen molar-refractivity contribution in [3.63, 3.8) is 0 Å². The maximum atomic E-state index is 13.7. The molecule has 0 fully saturated rings. The zero-order valence-electron chi connectivity index (χ0n) is 12.0. The van der Waals surface area contributed by atoms with Crippen LogP contribution in [0.5, 0.6) is 11.5 Å². The highest BCUT2D eigenvalue weighted by molar-refractivity contribution is 9.10. The second-order valence-corrected chi connectivity index (χ2v) is 5.31. The summed E-state index contributed by atoms with van der Waals surface area (Å²) < 4.78 is 25.2. The van der Waals surface area contributed by atoms with Gasteiger partial charge in [0.1, 0.15) is 5.82 Å². The van der Waals surface area contributed by atoms with E-state index in [0.717, 1.165) is 5.56 Å². The molecule has 2 aromatic rings. The van der Waals surface area contributed by atoms with Crippen LogP contribution < -0.4 is 14.8 Å². The van der Waals surface area contributed by atoms with Gasteiger partial charge >= 0.3 is 0 Å². The monoisotopic (exact) mass is 353 g/mol. The molecule has 3 nitrogen and oxygen atoms in total. The van der Waals surface area contributed by atoms with Gasteiger partial charge in [0.2, 0.25) is 0 Å². The van der Waals surface area contributed by atoms with Crippen molar-refractivity contribution in [3.05, 3.63) is 52.3 Å². The highest BCUT2D eigenvalue weighted by Gasteiger charge is 2.06. The van der Waals surface area contributed by atoms with Crippen LogP contribution in [0.3, 0.4) is 0 Å². The van der Waals surface area contributed by atoms with Gasteiger partial charge < -0.3 is 14.8 Å². The fourth-order valence-corrected chi connectivity index (χ4v) is 2.26. The molecule has 0 amide bonds. The zero-order valence-corrected chi connectivity index (χ0v) is 13.5. The van der Waals surface area contributed by atoms with Crippen molar-refractivity contribution in [3.8, 4) is 11.5 Å². The summed E-state index contributed by atoms with van der Waals surface area (Å²) in [6, 6.07) is 10.6. The molecule has 0 saturated heterocycles. The van der Waals surface area contributed by atoms with E-state index < -0.39 is 0 Å². The summed E-state index contributed by atoms with van der Waals surface area (Å²) in [5, 5.41) is 3.07. The lowest BCUT2D eigenvalue weighted by molar-refractivity contribution is 0.310. The SMILES string of the molecule is CCOc1ccc(CNc2ccc(Br)cc2F)cc1OC. The third kappa shape index (κ3) is 4.11. The number of benzene rings is 2. The standard InChI is InChI=1S/C16H17BrFNO2/c1-3-21-15-7-4-11(8-16(15)20-2)10-19-14-6-5-12(17)9-13(14)18/h4-9,19H,3,10H2,1-2H3. The molecule has 2 rings (SSSR count). The Morgan fingerprint density at radius 1 is 1.14 bits per heavy atom. The molecule has 0 radical (unpaired) electrons. The van der Waals surface area contributed by atoms with Gasteiger partial charge in [-0.25, -0.2) is 4.39 Å². The van der Waals surface area contributed by atoms with Crippen LogP contribution >= 0.6 is 15.9 Å². The molecule has 0 saturated carbocycles. The molecule has 21 heavy (non-hydrogen) atoms. The van der Waals surface area contributed by atoms with E-state index in [4.69, 9.17) is 9.47 Å². The molecule has 0 aliphatic carbocycles. The van der Waals surface area contributed by atoms with Gasteiger partial charge in [-0.15, -0.1) is 0 Å². The third-order valence-corrected chi connectivity index (χ3v) is 3.44. The van der Waals surface area contributed by atoms with Crippen molar-refractivity contribution in [2.75, 3.05) is 19.0 Å². The molecule has 0 bridgehead atoms. The summed E-state index contributed by atoms with van der Waals surface area (Å²) >= 11 is 3.24. The van der Waals surface area contributed by atoms with Crippen LogP contribution in [0.25, 0.3) is 0 Å². The van der Waals surface area contributed by atoms with Gasteiger partial charge in [-0.3, -0.25) is 0 Å². The molecule has 0 spiro atoms. The van der Waals surface area contributed by atoms with Gasteiger partial charge in [0.25, 0.3) is 0 Å². The highest BCUT2D eigenvalue weighted by atomic mass is 79.9. The molecule has 2 aromatic carbocycles. The Morgan fingerprint density at radius 2 is 1.95 bits per heavy atom. The number of methoxy groups -OCH3 is 1. The van der Waals surface area contributed by atoms with Gasteiger partial charge in [-0.1, -0.05) is 22.0 Å². The number of halogens is 2. The Morgan fingerprint density at radius 3 is 2.62 bits per heavy atom. The van der Waals surface area contributed by atoms with Crippen molar-refractivity contribution in [1.82, 2.24) is 0 Å². The fourth-order valence-electron chi connectivity index (χ4n) is 1.93. The Bertz CT molecular complexity index is 619. The summed E-state index contributed by atoms with van der Waals surface area (Å²) in [4.78, 5) is 0. The minimum absolute atomic E-state index is 0.290. The average molecular weight is 354 g/mol. The van der Waals surface area contributed by atoms with Gasteiger partial charge in [0.15, 0.2) is 11.5 Å². The second-order valence-electron chi connectivity index (χ2n) is 4.40. The molecular formula is C16H17BrFNO2. The van der Waals surface area contributed by atoms with E-state index in [1.807, 2.05) is 25.1 Å². The van der Waals surface area contributed by atoms with E-state index in [9.17, 15) is 4.39 Å². The van der Waals surface area contributed by atoms with E-state index in [1.54, 1.807) is 19.2 Å². The number of rotatable bonds is 6. The lowest BCUT2D eigenvalue weighted by atomic mass is 10.2. The number of ether oxygens (including phenoxy) is 2. The van der Waals surface area contributed by atoms with Crippen molar-refractivity contribution in [2.24, 2.45) is 0 Å². The summed E-state index contributed by atoms with van der Waals surface area (Å²) in [6.07, 6.45) is 0. The van der Waals surface area contributed by atoms with Crippen LogP contribution in [0.4, 0.5) is 10.1 Å². The second kappa shape index (κ2) is 7.31. The van der Waals surface area contributed by atoms with Crippen LogP contribution in [0, 0.1) is 5.82 Å². The Kier molecular flexibility index (Phi) is 5.44. The summed E-state index contributed by atoms with van der Waals surface area (Å²) in [7, 11) is 1.60. The lowest BCUT2D eigenvalue weighted by Crippen LogP contribution is -2.02. The first-order valence-corrected chi connectivity index (χ1v) is 7.42. The Labute approximate surface area is 132 Å². The first kappa shape index (κ1) is 15.6. The van der Waals surface area contributed by atoms with Crippen molar-refractivity contribution < 1.29 is 13.9 Å². The summed E-state index contributed by atoms with van der Waals surface area (Å²) in [5.74, 6) is 1.09. The topological polar surface area (TPSA) is 30.5 Å². The van der Waals surface area contributed by atoms with Crippen LogP contribution in [0.2, 0.25) is 0 Å². The molecule has 0 aromatic heterocycles. The number of nitrogens with one attached hydrogen (secondary N) is 1. The minimum Gasteiger partial charge on any atom is -0.493 e. The average Bonchev–Trinajstić information content (AvgIpc) is 2.47. The summed E-state index contributed by atoms with van der Waals surface area (Å²) in [6.45, 7) is 3.00. The Hall–Kier alpha value is -1.75. The number of anilines is 1. The number of hydrogen-bond donors (Lipinski definition) is 1. The van der Waals surface area contributed by atoms with Gasteiger partial charge in [0.05, 0.1) is 19.4 Å². The van der Waals surface area contributed by atoms with Crippen LogP contribution in [0.1, 0.15) is 12.5 Å². The van der Waals surface area contributed by atoms with Crippen molar-refractivity contribution >= 4 is 21.6 Å². The van der Waals surface area contributed by atoms with Crippen molar-refractivity contribution in [2.45, 2.75) is 13.5 Å². The van der Waals surface area contributed by atoms with Gasteiger partial charge in [0, 0.05) is 11.0 Å². The molecular weight excluding hydrogens is 337 g/mol. The van der Waals surface area contributed by atoms with Gasteiger partial charge in [-0.2, -0.15) is 0 Å². The third-order valence-electron chi connectivity index (χ3n) is 2.94. The van der Waals surface area contributed by atoms with Crippen molar-refractivity contribution in [1.29, 1.82) is 0 Å². The van der Waals surface area contributed by atoms with E-state index in [-0.39, 0.29) is 5.82 Å². The molecule has 0 aliphatic heterocycles. The largest absolute Gasteiger partial charge is 0.493 e. The first-order valence-electron chi connectivity index (χ1n) is 6.62. The lowest BCUT2D eigenvalue weighted by Gasteiger charge is -2.12. The predicted octanol–water partition coefficient (Wildman–Crippen LogP) is 4.61. The zero-order chi connectivity index (χ0) is 15.2. The van der Waals surface area contributed by atoms with Crippen LogP contribution in [0.15, 0.2) is 40.9 Å². The van der Waals surface area contributed by atoms with E-state index in [2.05, 4.69) is 21.2 Å². The van der Waals surface area contributed by atoms with E-state index in [1.165, 1.54) is 6.07 Å². The molecule has 0 atom stereocenters. The molecule has 5 heteroatoms. The molecule has 0 aliphatic rings. The van der Waals surface area contributed by atoms with Crippen LogP contribution in [-0.2, 0) is 6.54 Å². The maximum absolute atomic E-state index is 13.7.